The van der Waals surface area contributed by atoms with Crippen LogP contribution < -0.4 is 16.2 Å². The summed E-state index contributed by atoms with van der Waals surface area (Å²) in [4.78, 5) is 37.3. The summed E-state index contributed by atoms with van der Waals surface area (Å²) in [7, 11) is 5.78. The van der Waals surface area contributed by atoms with Crippen molar-refractivity contribution in [3.8, 4) is 11.3 Å². The predicted octanol–water partition coefficient (Wildman–Crippen LogP) is 5.53. The maximum Gasteiger partial charge on any atom is 0.290 e. The van der Waals surface area contributed by atoms with Gasteiger partial charge in [0.15, 0.2) is 5.82 Å². The number of halogens is 1. The van der Waals surface area contributed by atoms with Crippen LogP contribution in [-0.2, 0) is 19.9 Å². The number of hydrogen-bond acceptors (Lipinski definition) is 8. The molecule has 1 amide bonds. The molecule has 0 bridgehead atoms. The van der Waals surface area contributed by atoms with E-state index in [1.807, 2.05) is 24.4 Å². The Balaban J connectivity index is 1.26. The maximum atomic E-state index is 16.0. The van der Waals surface area contributed by atoms with Crippen molar-refractivity contribution in [1.82, 2.24) is 24.6 Å². The van der Waals surface area contributed by atoms with Gasteiger partial charge >= 0.3 is 0 Å². The first kappa shape index (κ1) is 30.1. The molecule has 1 saturated heterocycles. The second-order valence-electron chi connectivity index (χ2n) is 12.0. The van der Waals surface area contributed by atoms with Gasteiger partial charge in [-0.05, 0) is 94.6 Å². The highest BCUT2D eigenvalue weighted by molar-refractivity contribution is 7.14. The van der Waals surface area contributed by atoms with E-state index >= 15 is 4.39 Å². The summed E-state index contributed by atoms with van der Waals surface area (Å²) in [5.41, 5.74) is 3.30. The van der Waals surface area contributed by atoms with Crippen LogP contribution in [0.25, 0.3) is 11.3 Å². The summed E-state index contributed by atoms with van der Waals surface area (Å²) in [6.07, 6.45) is 6.06. The van der Waals surface area contributed by atoms with Crippen LogP contribution >= 0.6 is 11.3 Å². The number of pyridine rings is 1. The van der Waals surface area contributed by atoms with E-state index in [0.29, 0.717) is 22.3 Å². The van der Waals surface area contributed by atoms with Gasteiger partial charge in [0.25, 0.3) is 11.5 Å². The summed E-state index contributed by atoms with van der Waals surface area (Å²) in [5.74, 6) is -0.428. The Labute approximate surface area is 260 Å². The number of amides is 1. The Morgan fingerprint density at radius 2 is 1.82 bits per heavy atom. The van der Waals surface area contributed by atoms with E-state index in [4.69, 9.17) is 0 Å². The van der Waals surface area contributed by atoms with Crippen molar-refractivity contribution in [3.63, 3.8) is 0 Å². The molecule has 1 fully saturated rings. The van der Waals surface area contributed by atoms with E-state index in [-0.39, 0.29) is 40.1 Å². The van der Waals surface area contributed by atoms with Crippen LogP contribution in [0.1, 0.15) is 57.0 Å². The van der Waals surface area contributed by atoms with Crippen LogP contribution in [-0.4, -0.2) is 63.7 Å². The molecule has 3 aromatic heterocycles. The molecule has 2 aliphatic rings. The van der Waals surface area contributed by atoms with Crippen LogP contribution in [0.3, 0.4) is 0 Å². The Morgan fingerprint density at radius 1 is 1.05 bits per heavy atom. The van der Waals surface area contributed by atoms with Gasteiger partial charge in [0.2, 0.25) is 0 Å². The first-order valence-electron chi connectivity index (χ1n) is 15.0. The lowest BCUT2D eigenvalue weighted by molar-refractivity contribution is 0.0615. The number of nitrogens with one attached hydrogen (secondary N) is 2. The molecule has 1 aliphatic heterocycles. The molecule has 11 heteroatoms. The Hall–Kier alpha value is -3.93. The molecule has 1 aromatic carbocycles. The molecule has 1 unspecified atom stereocenters. The average molecular weight is 616 g/mol. The zero-order valence-corrected chi connectivity index (χ0v) is 26.6. The number of rotatable bonds is 6. The van der Waals surface area contributed by atoms with Crippen molar-refractivity contribution < 1.29 is 9.18 Å². The van der Waals surface area contributed by atoms with Crippen molar-refractivity contribution in [2.75, 3.05) is 37.8 Å². The fourth-order valence-corrected chi connectivity index (χ4v) is 7.37. The number of fused-ring (bicyclic) bond motifs is 1. The average Bonchev–Trinajstić information content (AvgIpc) is 3.45. The number of piperazine rings is 1. The van der Waals surface area contributed by atoms with Gasteiger partial charge < -0.3 is 15.5 Å². The van der Waals surface area contributed by atoms with E-state index < -0.39 is 5.82 Å². The van der Waals surface area contributed by atoms with Gasteiger partial charge in [0.1, 0.15) is 11.5 Å². The van der Waals surface area contributed by atoms with Crippen molar-refractivity contribution >= 4 is 34.4 Å². The molecule has 9 nitrogen and oxygen atoms in total. The van der Waals surface area contributed by atoms with E-state index in [1.165, 1.54) is 39.6 Å². The molecule has 4 aromatic rings. The Kier molecular flexibility index (Phi) is 8.36. The largest absolute Gasteiger partial charge is 0.336 e. The normalized spacial score (nSPS) is 19.0. The first-order chi connectivity index (χ1) is 21.1. The molecule has 0 spiro atoms. The standard InChI is InChI=1S/C33H38FN7O2S/c1-19-10-12-23(29(34)30(19)37-32(42)27-16-21-8-6-7-9-26(21)44-27)24-17-25(33(43)41(5)38-24)36-28-13-11-22(18-35-28)31-20(2)39(3)14-15-40(31)4/h10-13,16-18,20,31H,6-9,14-15H2,1-5H3,(H,35,36)(H,37,42)/t20?,31-/m0/s1. The molecule has 230 valence electrons. The topological polar surface area (TPSA) is 95.4 Å². The lowest BCUT2D eigenvalue weighted by atomic mass is 9.97. The molecule has 44 heavy (non-hydrogen) atoms. The highest BCUT2D eigenvalue weighted by atomic mass is 32.1. The third kappa shape index (κ3) is 5.79. The fourth-order valence-electron chi connectivity index (χ4n) is 6.22. The number of carbonyl (C=O) groups is 1. The Bertz CT molecular complexity index is 1740. The lowest BCUT2D eigenvalue weighted by Gasteiger charge is -2.43. The highest BCUT2D eigenvalue weighted by Gasteiger charge is 2.31. The first-order valence-corrected chi connectivity index (χ1v) is 15.9. The lowest BCUT2D eigenvalue weighted by Crippen LogP contribution is -2.50. The van der Waals surface area contributed by atoms with E-state index in [1.54, 1.807) is 19.1 Å². The van der Waals surface area contributed by atoms with Gasteiger partial charge in [-0.25, -0.2) is 14.1 Å². The zero-order valence-electron chi connectivity index (χ0n) is 25.8. The predicted molar refractivity (Wildman–Crippen MR) is 174 cm³/mol. The summed E-state index contributed by atoms with van der Waals surface area (Å²) in [6, 6.07) is 11.2. The molecular formula is C33H38FN7O2S. The number of thiophene rings is 1. The van der Waals surface area contributed by atoms with Crippen LogP contribution in [0.4, 0.5) is 21.6 Å². The van der Waals surface area contributed by atoms with Crippen LogP contribution in [0.15, 0.2) is 47.4 Å². The van der Waals surface area contributed by atoms with Crippen molar-refractivity contribution in [1.29, 1.82) is 0 Å². The van der Waals surface area contributed by atoms with Gasteiger partial charge in [-0.3, -0.25) is 14.5 Å². The Morgan fingerprint density at radius 3 is 2.57 bits per heavy atom. The summed E-state index contributed by atoms with van der Waals surface area (Å²) >= 11 is 1.49. The minimum atomic E-state index is -0.602. The van der Waals surface area contributed by atoms with Crippen LogP contribution in [0.5, 0.6) is 0 Å². The highest BCUT2D eigenvalue weighted by Crippen LogP contribution is 2.34. The second-order valence-corrected chi connectivity index (χ2v) is 13.1. The van der Waals surface area contributed by atoms with E-state index in [9.17, 15) is 9.59 Å². The van der Waals surface area contributed by atoms with Gasteiger partial charge in [0.05, 0.1) is 22.3 Å². The monoisotopic (exact) mass is 615 g/mol. The van der Waals surface area contributed by atoms with E-state index in [2.05, 4.69) is 51.5 Å². The number of anilines is 3. The molecular weight excluding hydrogens is 577 g/mol. The van der Waals surface area contributed by atoms with Gasteiger partial charge in [-0.1, -0.05) is 12.1 Å². The van der Waals surface area contributed by atoms with Crippen LogP contribution in [0, 0.1) is 12.7 Å². The molecule has 0 radical (unpaired) electrons. The maximum absolute atomic E-state index is 16.0. The van der Waals surface area contributed by atoms with Gasteiger partial charge in [-0.2, -0.15) is 5.10 Å². The third-order valence-electron chi connectivity index (χ3n) is 8.97. The fraction of sp³-hybridized carbons (Fsp3) is 0.394. The molecule has 4 heterocycles. The molecule has 6 rings (SSSR count). The number of aryl methyl sites for hydroxylation is 4. The molecule has 0 saturated carbocycles. The summed E-state index contributed by atoms with van der Waals surface area (Å²) in [6.45, 7) is 5.95. The summed E-state index contributed by atoms with van der Waals surface area (Å²) in [5, 5.41) is 10.3. The van der Waals surface area contributed by atoms with Crippen molar-refractivity contribution in [2.45, 2.75) is 51.6 Å². The SMILES string of the molecule is Cc1ccc(-c2cc(Nc3ccc([C@@H]4C(C)N(C)CCN4C)cn3)c(=O)n(C)n2)c(F)c1NC(=O)c1cc2c(s1)CCCC2. The summed E-state index contributed by atoms with van der Waals surface area (Å²) < 4.78 is 17.2. The van der Waals surface area contributed by atoms with Gasteiger partial charge in [0, 0.05) is 42.8 Å². The number of benzene rings is 1. The van der Waals surface area contributed by atoms with Crippen molar-refractivity contribution in [2.24, 2.45) is 7.05 Å². The second kappa shape index (κ2) is 12.2. The number of likely N-dealkylation sites (N-methyl/N-ethyl adjacent to an activating group) is 2. The third-order valence-corrected chi connectivity index (χ3v) is 10.2. The molecule has 2 atom stereocenters. The zero-order chi connectivity index (χ0) is 31.1. The minimum absolute atomic E-state index is 0.105. The van der Waals surface area contributed by atoms with Crippen LogP contribution in [0.2, 0.25) is 0 Å². The van der Waals surface area contributed by atoms with E-state index in [0.717, 1.165) is 44.3 Å². The quantitative estimate of drug-likeness (QED) is 0.295. The number of carbonyl (C=O) groups excluding carboxylic acids is 1. The van der Waals surface area contributed by atoms with Gasteiger partial charge in [-0.15, -0.1) is 11.3 Å². The molecule has 1 aliphatic carbocycles. The van der Waals surface area contributed by atoms with Crippen molar-refractivity contribution in [3.05, 3.63) is 85.2 Å². The minimum Gasteiger partial charge on any atom is -0.336 e. The number of hydrogen-bond donors (Lipinski definition) is 2. The molecule has 2 N–H and O–H groups in total. The number of aromatic nitrogens is 3. The smallest absolute Gasteiger partial charge is 0.290 e. The number of nitrogens with zero attached hydrogens (tertiary/aromatic N) is 5.